The lowest BCUT2D eigenvalue weighted by Gasteiger charge is -2.34. The molecule has 1 aromatic carbocycles. The molecule has 2 N–H and O–H groups in total. The van der Waals surface area contributed by atoms with Gasteiger partial charge in [-0.15, -0.1) is 0 Å². The van der Waals surface area contributed by atoms with Gasteiger partial charge in [0.05, 0.1) is 13.1 Å². The van der Waals surface area contributed by atoms with Crippen molar-refractivity contribution < 1.29 is 9.59 Å². The zero-order chi connectivity index (χ0) is 18.4. The van der Waals surface area contributed by atoms with Gasteiger partial charge in [0.15, 0.2) is 0 Å². The number of nitrogens with one attached hydrogen (secondary N) is 2. The Morgan fingerprint density at radius 2 is 1.72 bits per heavy atom. The number of amides is 2. The Morgan fingerprint density at radius 3 is 2.40 bits per heavy atom. The van der Waals surface area contributed by atoms with Crippen LogP contribution in [0.15, 0.2) is 24.3 Å². The molecule has 5 heteroatoms. The van der Waals surface area contributed by atoms with Gasteiger partial charge in [-0.2, -0.15) is 0 Å². The number of hydrogen-bond acceptors (Lipinski definition) is 3. The Bertz CT molecular complexity index is 585. The average molecular weight is 345 g/mol. The Balaban J connectivity index is 1.75. The molecule has 2 rings (SSSR count). The molecule has 3 atom stereocenters. The van der Waals surface area contributed by atoms with Crippen LogP contribution in [0.25, 0.3) is 0 Å². The van der Waals surface area contributed by atoms with Crippen LogP contribution in [0, 0.1) is 18.8 Å². The number of anilines is 1. The van der Waals surface area contributed by atoms with Gasteiger partial charge in [0.25, 0.3) is 0 Å². The van der Waals surface area contributed by atoms with Crippen LogP contribution in [0.1, 0.15) is 38.7 Å². The van der Waals surface area contributed by atoms with E-state index in [0.29, 0.717) is 11.8 Å². The third-order valence-electron chi connectivity index (χ3n) is 5.22. The normalized spacial score (nSPS) is 23.3. The molecule has 0 radical (unpaired) electrons. The molecule has 1 aliphatic carbocycles. The zero-order valence-corrected chi connectivity index (χ0v) is 15.8. The number of aryl methyl sites for hydroxylation is 1. The molecule has 1 aromatic rings. The molecule has 1 aliphatic rings. The Morgan fingerprint density at radius 1 is 1.08 bits per heavy atom. The molecule has 0 saturated heterocycles. The van der Waals surface area contributed by atoms with Crippen LogP contribution in [-0.2, 0) is 9.59 Å². The van der Waals surface area contributed by atoms with Crippen LogP contribution >= 0.6 is 0 Å². The summed E-state index contributed by atoms with van der Waals surface area (Å²) in [6.45, 7) is 6.90. The molecular formula is C20H31N3O2. The first kappa shape index (κ1) is 19.4. The van der Waals surface area contributed by atoms with E-state index >= 15 is 0 Å². The summed E-state index contributed by atoms with van der Waals surface area (Å²) in [5, 5.41) is 6.00. The number of hydrogen-bond donors (Lipinski definition) is 2. The summed E-state index contributed by atoms with van der Waals surface area (Å²) in [5.74, 6) is 1.04. The van der Waals surface area contributed by atoms with Crippen molar-refractivity contribution in [1.82, 2.24) is 10.2 Å². The van der Waals surface area contributed by atoms with E-state index in [9.17, 15) is 9.59 Å². The van der Waals surface area contributed by atoms with Crippen molar-refractivity contribution in [3.63, 3.8) is 0 Å². The highest BCUT2D eigenvalue weighted by atomic mass is 16.2. The quantitative estimate of drug-likeness (QED) is 0.833. The summed E-state index contributed by atoms with van der Waals surface area (Å²) in [5.41, 5.74) is 1.93. The van der Waals surface area contributed by atoms with Gasteiger partial charge in [0, 0.05) is 11.7 Å². The van der Waals surface area contributed by atoms with Gasteiger partial charge in [-0.05, 0) is 44.4 Å². The van der Waals surface area contributed by atoms with Crippen molar-refractivity contribution in [1.29, 1.82) is 0 Å². The van der Waals surface area contributed by atoms with Crippen LogP contribution in [0.5, 0.6) is 0 Å². The number of carbonyl (C=O) groups excluding carboxylic acids is 2. The standard InChI is InChI=1S/C20H31N3O2/c1-14-8-10-17(11-9-14)21-19(24)12-23(4)13-20(25)22-18-7-5-6-15(2)16(18)3/h8-11,15-16,18H,5-7,12-13H2,1-4H3,(H,21,24)(H,22,25)/t15-,16+,18+/m0/s1. The molecule has 5 nitrogen and oxygen atoms in total. The number of likely N-dealkylation sites (N-methyl/N-ethyl adjacent to an activating group) is 1. The van der Waals surface area contributed by atoms with Gasteiger partial charge in [0.2, 0.25) is 11.8 Å². The smallest absolute Gasteiger partial charge is 0.238 e. The SMILES string of the molecule is Cc1ccc(NC(=O)CN(C)CC(=O)N[C@@H]2CCC[C@H](C)[C@H]2C)cc1. The van der Waals surface area contributed by atoms with Crippen molar-refractivity contribution >= 4 is 17.5 Å². The first-order valence-electron chi connectivity index (χ1n) is 9.19. The van der Waals surface area contributed by atoms with E-state index in [0.717, 1.165) is 17.7 Å². The Kier molecular flexibility index (Phi) is 7.00. The van der Waals surface area contributed by atoms with E-state index in [1.807, 2.05) is 31.2 Å². The third kappa shape index (κ3) is 6.16. The number of rotatable bonds is 6. The molecule has 0 spiro atoms. The summed E-state index contributed by atoms with van der Waals surface area (Å²) < 4.78 is 0. The molecule has 0 heterocycles. The highest BCUT2D eigenvalue weighted by Gasteiger charge is 2.28. The van der Waals surface area contributed by atoms with E-state index in [1.54, 1.807) is 11.9 Å². The van der Waals surface area contributed by atoms with E-state index in [2.05, 4.69) is 24.5 Å². The van der Waals surface area contributed by atoms with Crippen LogP contribution in [0.2, 0.25) is 0 Å². The van der Waals surface area contributed by atoms with E-state index in [1.165, 1.54) is 12.8 Å². The molecule has 0 bridgehead atoms. The first-order chi connectivity index (χ1) is 11.8. The van der Waals surface area contributed by atoms with Crippen molar-refractivity contribution in [2.75, 3.05) is 25.5 Å². The molecule has 0 unspecified atom stereocenters. The molecule has 1 saturated carbocycles. The van der Waals surface area contributed by atoms with Crippen LogP contribution in [0.3, 0.4) is 0 Å². The summed E-state index contributed by atoms with van der Waals surface area (Å²) in [6, 6.07) is 7.93. The van der Waals surface area contributed by atoms with Crippen molar-refractivity contribution in [3.8, 4) is 0 Å². The fraction of sp³-hybridized carbons (Fsp3) is 0.600. The number of nitrogens with zero attached hydrogens (tertiary/aromatic N) is 1. The van der Waals surface area contributed by atoms with Gasteiger partial charge in [0.1, 0.15) is 0 Å². The molecule has 25 heavy (non-hydrogen) atoms. The van der Waals surface area contributed by atoms with Gasteiger partial charge in [-0.25, -0.2) is 0 Å². The average Bonchev–Trinajstić information content (AvgIpc) is 2.53. The minimum atomic E-state index is -0.112. The lowest BCUT2D eigenvalue weighted by atomic mass is 9.78. The van der Waals surface area contributed by atoms with Gasteiger partial charge in [-0.1, -0.05) is 44.4 Å². The highest BCUT2D eigenvalue weighted by molar-refractivity contribution is 5.92. The maximum Gasteiger partial charge on any atom is 0.238 e. The number of carbonyl (C=O) groups is 2. The molecule has 0 aromatic heterocycles. The van der Waals surface area contributed by atoms with Crippen molar-refractivity contribution in [3.05, 3.63) is 29.8 Å². The Labute approximate surface area is 151 Å². The molecule has 0 aliphatic heterocycles. The summed E-state index contributed by atoms with van der Waals surface area (Å²) in [4.78, 5) is 26.1. The topological polar surface area (TPSA) is 61.4 Å². The third-order valence-corrected chi connectivity index (χ3v) is 5.22. The maximum atomic E-state index is 12.3. The van der Waals surface area contributed by atoms with Crippen LogP contribution < -0.4 is 10.6 Å². The monoisotopic (exact) mass is 345 g/mol. The van der Waals surface area contributed by atoms with E-state index in [-0.39, 0.29) is 30.9 Å². The predicted molar refractivity (Wildman–Crippen MR) is 101 cm³/mol. The lowest BCUT2D eigenvalue weighted by Crippen LogP contribution is -2.47. The minimum absolute atomic E-state index is 0.00316. The summed E-state index contributed by atoms with van der Waals surface area (Å²) >= 11 is 0. The molecule has 2 amide bonds. The summed E-state index contributed by atoms with van der Waals surface area (Å²) in [7, 11) is 1.79. The Hall–Kier alpha value is -1.88. The van der Waals surface area contributed by atoms with Crippen molar-refractivity contribution in [2.45, 2.75) is 46.1 Å². The zero-order valence-electron chi connectivity index (χ0n) is 15.8. The molecule has 138 valence electrons. The van der Waals surface area contributed by atoms with Crippen LogP contribution in [0.4, 0.5) is 5.69 Å². The first-order valence-corrected chi connectivity index (χ1v) is 9.19. The molecular weight excluding hydrogens is 314 g/mol. The fourth-order valence-corrected chi connectivity index (χ4v) is 3.42. The predicted octanol–water partition coefficient (Wildman–Crippen LogP) is 2.81. The van der Waals surface area contributed by atoms with E-state index < -0.39 is 0 Å². The van der Waals surface area contributed by atoms with Gasteiger partial charge in [-0.3, -0.25) is 14.5 Å². The fourth-order valence-electron chi connectivity index (χ4n) is 3.42. The van der Waals surface area contributed by atoms with Crippen molar-refractivity contribution in [2.24, 2.45) is 11.8 Å². The second-order valence-electron chi connectivity index (χ2n) is 7.53. The van der Waals surface area contributed by atoms with Gasteiger partial charge >= 0.3 is 0 Å². The van der Waals surface area contributed by atoms with E-state index in [4.69, 9.17) is 0 Å². The largest absolute Gasteiger partial charge is 0.352 e. The maximum absolute atomic E-state index is 12.3. The van der Waals surface area contributed by atoms with Crippen LogP contribution in [-0.4, -0.2) is 42.9 Å². The second kappa shape index (κ2) is 8.99. The van der Waals surface area contributed by atoms with Gasteiger partial charge < -0.3 is 10.6 Å². The molecule has 1 fully saturated rings. The number of benzene rings is 1. The lowest BCUT2D eigenvalue weighted by molar-refractivity contribution is -0.124. The second-order valence-corrected chi connectivity index (χ2v) is 7.53. The summed E-state index contributed by atoms with van der Waals surface area (Å²) in [6.07, 6.45) is 3.47. The minimum Gasteiger partial charge on any atom is -0.352 e. The highest BCUT2D eigenvalue weighted by Crippen LogP contribution is 2.29.